The van der Waals surface area contributed by atoms with E-state index in [0.29, 0.717) is 35.0 Å². The van der Waals surface area contributed by atoms with Gasteiger partial charge in [0.05, 0.1) is 24.1 Å². The Hall–Kier alpha value is -2.71. The number of benzene rings is 2. The molecule has 0 aliphatic heterocycles. The number of hydrogen-bond donors (Lipinski definition) is 2. The van der Waals surface area contributed by atoms with Crippen LogP contribution in [-0.4, -0.2) is 21.3 Å². The van der Waals surface area contributed by atoms with Crippen LogP contribution in [0.4, 0.5) is 8.78 Å². The zero-order chi connectivity index (χ0) is 22.2. The molecule has 2 aliphatic rings. The standard InChI is InChI=1S/C24H23F2N3O2S/c25-19-3-1-2-17(23(19)26)14-8-13(9-15(11-14)31-32-16-4-5-16)10-18-20(27)6-7-21-22(18)24(30)29-12-28-21/h1-3,8-9,11-12,16,18,20H,4-7,10,27H2,(H,28,29,30)/t18-,20-/m0/s1. The van der Waals surface area contributed by atoms with Gasteiger partial charge in [0.15, 0.2) is 11.6 Å². The normalized spacial score (nSPS) is 20.1. The minimum atomic E-state index is -0.899. The van der Waals surface area contributed by atoms with E-state index in [2.05, 4.69) is 9.97 Å². The van der Waals surface area contributed by atoms with Crippen molar-refractivity contribution in [3.8, 4) is 16.9 Å². The lowest BCUT2D eigenvalue weighted by molar-refractivity contribution is 0.456. The van der Waals surface area contributed by atoms with E-state index >= 15 is 0 Å². The van der Waals surface area contributed by atoms with E-state index in [9.17, 15) is 13.6 Å². The van der Waals surface area contributed by atoms with Crippen molar-refractivity contribution in [2.75, 3.05) is 0 Å². The molecule has 0 amide bonds. The summed E-state index contributed by atoms with van der Waals surface area (Å²) in [5.41, 5.74) is 9.16. The summed E-state index contributed by atoms with van der Waals surface area (Å²) in [6.07, 6.45) is 5.51. The first-order valence-corrected chi connectivity index (χ1v) is 11.5. The zero-order valence-corrected chi connectivity index (χ0v) is 18.1. The zero-order valence-electron chi connectivity index (χ0n) is 17.3. The minimum Gasteiger partial charge on any atom is -0.425 e. The van der Waals surface area contributed by atoms with Crippen molar-refractivity contribution in [2.24, 2.45) is 5.73 Å². The first kappa shape index (κ1) is 21.2. The Labute approximate surface area is 188 Å². The van der Waals surface area contributed by atoms with Gasteiger partial charge in [0.1, 0.15) is 5.75 Å². The van der Waals surface area contributed by atoms with Crippen LogP contribution in [0.1, 0.15) is 42.0 Å². The SMILES string of the molecule is N[C@H]1CCc2nc[nH]c(=O)c2[C@H]1Cc1cc(OSC2CC2)cc(-c2cccc(F)c2F)c1. The maximum absolute atomic E-state index is 14.6. The van der Waals surface area contributed by atoms with Crippen molar-refractivity contribution in [1.29, 1.82) is 0 Å². The molecule has 8 heteroatoms. The highest BCUT2D eigenvalue weighted by molar-refractivity contribution is 7.95. The summed E-state index contributed by atoms with van der Waals surface area (Å²) in [6, 6.07) is 9.36. The van der Waals surface area contributed by atoms with Crippen LogP contribution in [-0.2, 0) is 12.8 Å². The molecule has 1 saturated carbocycles. The van der Waals surface area contributed by atoms with E-state index < -0.39 is 11.6 Å². The van der Waals surface area contributed by atoms with Gasteiger partial charge in [-0.1, -0.05) is 18.2 Å². The number of hydrogen-bond acceptors (Lipinski definition) is 5. The highest BCUT2D eigenvalue weighted by atomic mass is 32.2. The molecule has 2 atom stereocenters. The summed E-state index contributed by atoms with van der Waals surface area (Å²) >= 11 is 1.40. The molecule has 2 aliphatic carbocycles. The lowest BCUT2D eigenvalue weighted by Gasteiger charge is -2.29. The minimum absolute atomic E-state index is 0.168. The molecule has 1 heterocycles. The molecule has 166 valence electrons. The van der Waals surface area contributed by atoms with Crippen LogP contribution < -0.4 is 15.5 Å². The monoisotopic (exact) mass is 455 g/mol. The van der Waals surface area contributed by atoms with Crippen LogP contribution in [0.3, 0.4) is 0 Å². The van der Waals surface area contributed by atoms with Gasteiger partial charge >= 0.3 is 0 Å². The number of aryl methyl sites for hydroxylation is 1. The topological polar surface area (TPSA) is 81.0 Å². The largest absolute Gasteiger partial charge is 0.425 e. The van der Waals surface area contributed by atoms with E-state index in [1.165, 1.54) is 24.4 Å². The van der Waals surface area contributed by atoms with Gasteiger partial charge in [-0.25, -0.2) is 13.8 Å². The molecule has 0 radical (unpaired) electrons. The quantitative estimate of drug-likeness (QED) is 0.535. The second kappa shape index (κ2) is 8.67. The number of halogens is 2. The van der Waals surface area contributed by atoms with Crippen LogP contribution >= 0.6 is 12.0 Å². The first-order valence-electron chi connectivity index (χ1n) is 10.7. The van der Waals surface area contributed by atoms with Crippen molar-refractivity contribution in [3.05, 3.63) is 81.5 Å². The maximum atomic E-state index is 14.6. The number of nitrogens with zero attached hydrogens (tertiary/aromatic N) is 1. The molecule has 0 spiro atoms. The summed E-state index contributed by atoms with van der Waals surface area (Å²) in [4.78, 5) is 19.6. The predicted octanol–water partition coefficient (Wildman–Crippen LogP) is 4.50. The van der Waals surface area contributed by atoms with E-state index in [1.807, 2.05) is 12.1 Å². The van der Waals surface area contributed by atoms with Gasteiger partial charge in [-0.15, -0.1) is 0 Å². The van der Waals surface area contributed by atoms with Crippen LogP contribution in [0, 0.1) is 11.6 Å². The number of nitrogens with one attached hydrogen (secondary N) is 1. The first-order chi connectivity index (χ1) is 15.5. The highest BCUT2D eigenvalue weighted by Gasteiger charge is 2.31. The van der Waals surface area contributed by atoms with Gasteiger partial charge in [0, 0.05) is 28.3 Å². The fourth-order valence-electron chi connectivity index (χ4n) is 4.25. The van der Waals surface area contributed by atoms with Crippen LogP contribution in [0.15, 0.2) is 47.5 Å². The van der Waals surface area contributed by atoms with E-state index in [4.69, 9.17) is 9.92 Å². The summed E-state index contributed by atoms with van der Waals surface area (Å²) in [5, 5.41) is 0.469. The Morgan fingerprint density at radius 1 is 1.19 bits per heavy atom. The van der Waals surface area contributed by atoms with Crippen molar-refractivity contribution < 1.29 is 13.0 Å². The van der Waals surface area contributed by atoms with Crippen LogP contribution in [0.5, 0.6) is 5.75 Å². The average Bonchev–Trinajstić information content (AvgIpc) is 3.61. The number of aromatic amines is 1. The molecule has 0 saturated heterocycles. The average molecular weight is 456 g/mol. The van der Waals surface area contributed by atoms with Gasteiger partial charge in [-0.2, -0.15) is 0 Å². The smallest absolute Gasteiger partial charge is 0.254 e. The Morgan fingerprint density at radius 3 is 2.84 bits per heavy atom. The maximum Gasteiger partial charge on any atom is 0.254 e. The summed E-state index contributed by atoms with van der Waals surface area (Å²) in [7, 11) is 0. The predicted molar refractivity (Wildman–Crippen MR) is 121 cm³/mol. The molecule has 1 aromatic heterocycles. The van der Waals surface area contributed by atoms with Gasteiger partial charge in [-0.3, -0.25) is 4.79 Å². The third-order valence-corrected chi connectivity index (χ3v) is 7.10. The van der Waals surface area contributed by atoms with Gasteiger partial charge in [0.25, 0.3) is 5.56 Å². The number of fused-ring (bicyclic) bond motifs is 1. The molecule has 3 aromatic rings. The molecule has 5 nitrogen and oxygen atoms in total. The summed E-state index contributed by atoms with van der Waals surface area (Å²) < 4.78 is 34.3. The summed E-state index contributed by atoms with van der Waals surface area (Å²) in [5.74, 6) is -1.45. The van der Waals surface area contributed by atoms with Gasteiger partial charge < -0.3 is 14.9 Å². The Balaban J connectivity index is 1.54. The second-order valence-electron chi connectivity index (χ2n) is 8.45. The van der Waals surface area contributed by atoms with Crippen molar-refractivity contribution in [3.63, 3.8) is 0 Å². The molecule has 5 rings (SSSR count). The molecule has 32 heavy (non-hydrogen) atoms. The molecule has 1 fully saturated rings. The fraction of sp³-hybridized carbons (Fsp3) is 0.333. The molecule has 0 bridgehead atoms. The Bertz CT molecular complexity index is 1210. The molecule has 2 aromatic carbocycles. The number of H-pyrrole nitrogens is 1. The van der Waals surface area contributed by atoms with E-state index in [-0.39, 0.29) is 23.1 Å². The molecule has 0 unspecified atom stereocenters. The third kappa shape index (κ3) is 4.29. The lowest BCUT2D eigenvalue weighted by atomic mass is 9.78. The number of nitrogens with two attached hydrogens (primary N) is 1. The van der Waals surface area contributed by atoms with E-state index in [1.54, 1.807) is 12.1 Å². The molecular weight excluding hydrogens is 432 g/mol. The van der Waals surface area contributed by atoms with E-state index in [0.717, 1.165) is 36.6 Å². The van der Waals surface area contributed by atoms with Gasteiger partial charge in [-0.05, 0) is 61.4 Å². The van der Waals surface area contributed by atoms with Gasteiger partial charge in [0.2, 0.25) is 0 Å². The highest BCUT2D eigenvalue weighted by Crippen LogP contribution is 2.38. The fourth-order valence-corrected chi connectivity index (χ4v) is 4.92. The Morgan fingerprint density at radius 2 is 2.03 bits per heavy atom. The van der Waals surface area contributed by atoms with Crippen LogP contribution in [0.25, 0.3) is 11.1 Å². The second-order valence-corrected chi connectivity index (χ2v) is 9.48. The van der Waals surface area contributed by atoms with Crippen LogP contribution in [0.2, 0.25) is 0 Å². The van der Waals surface area contributed by atoms with Crippen molar-refractivity contribution in [1.82, 2.24) is 9.97 Å². The summed E-state index contributed by atoms with van der Waals surface area (Å²) in [6.45, 7) is 0. The lowest BCUT2D eigenvalue weighted by Crippen LogP contribution is -2.38. The van der Waals surface area contributed by atoms with Crippen molar-refractivity contribution >= 4 is 12.0 Å². The number of aromatic nitrogens is 2. The van der Waals surface area contributed by atoms with Crippen molar-refractivity contribution in [2.45, 2.75) is 49.3 Å². The third-order valence-electron chi connectivity index (χ3n) is 6.06. The number of rotatable bonds is 6. The Kier molecular flexibility index (Phi) is 5.73. The molecule has 3 N–H and O–H groups in total. The molecular formula is C24H23F2N3O2S.